The van der Waals surface area contributed by atoms with Crippen LogP contribution in [0.5, 0.6) is 0 Å². The molecule has 0 saturated heterocycles. The van der Waals surface area contributed by atoms with Crippen LogP contribution in [0.2, 0.25) is 0 Å². The maximum atomic E-state index is 10.5. The van der Waals surface area contributed by atoms with Crippen LogP contribution in [0.15, 0.2) is 0 Å². The molecule has 0 saturated carbocycles. The van der Waals surface area contributed by atoms with Gasteiger partial charge < -0.3 is 15.5 Å². The van der Waals surface area contributed by atoms with Crippen LogP contribution in [0.4, 0.5) is 0 Å². The third-order valence-electron chi connectivity index (χ3n) is 1.32. The number of carboxylic acid groups (broad SMARTS) is 2. The molecule has 0 aliphatic heterocycles. The smallest absolute Gasteiger partial charge is 0.321 e. The van der Waals surface area contributed by atoms with Crippen molar-refractivity contribution in [2.75, 3.05) is 6.54 Å². The lowest BCUT2D eigenvalue weighted by Gasteiger charge is -2.12. The van der Waals surface area contributed by atoms with Gasteiger partial charge in [-0.1, -0.05) is 0 Å². The van der Waals surface area contributed by atoms with Crippen LogP contribution in [0.25, 0.3) is 0 Å². The highest BCUT2D eigenvalue weighted by Gasteiger charge is 2.20. The SMILES string of the molecule is C[C@H](Cl)CNC(CC(=O)O)C(=O)O. The van der Waals surface area contributed by atoms with Crippen molar-refractivity contribution in [1.29, 1.82) is 0 Å². The molecule has 0 fully saturated rings. The molecular weight excluding hydrogens is 198 g/mol. The van der Waals surface area contributed by atoms with E-state index in [9.17, 15) is 9.59 Å². The molecule has 76 valence electrons. The van der Waals surface area contributed by atoms with E-state index in [4.69, 9.17) is 21.8 Å². The Bertz CT molecular complexity index is 195. The Kier molecular flexibility index (Phi) is 5.41. The Hall–Kier alpha value is -0.810. The van der Waals surface area contributed by atoms with Gasteiger partial charge in [0.25, 0.3) is 0 Å². The molecule has 1 unspecified atom stereocenters. The van der Waals surface area contributed by atoms with E-state index in [1.807, 2.05) is 0 Å². The van der Waals surface area contributed by atoms with E-state index < -0.39 is 24.4 Å². The summed E-state index contributed by atoms with van der Waals surface area (Å²) >= 11 is 5.56. The van der Waals surface area contributed by atoms with Crippen molar-refractivity contribution in [3.63, 3.8) is 0 Å². The average Bonchev–Trinajstić information content (AvgIpc) is 1.96. The summed E-state index contributed by atoms with van der Waals surface area (Å²) in [6.45, 7) is 1.96. The first-order chi connectivity index (χ1) is 5.93. The van der Waals surface area contributed by atoms with Crippen molar-refractivity contribution < 1.29 is 19.8 Å². The van der Waals surface area contributed by atoms with Crippen molar-refractivity contribution in [1.82, 2.24) is 5.32 Å². The number of alkyl halides is 1. The topological polar surface area (TPSA) is 86.6 Å². The van der Waals surface area contributed by atoms with E-state index in [1.165, 1.54) is 0 Å². The Balaban J connectivity index is 3.95. The Morgan fingerprint density at radius 2 is 2.00 bits per heavy atom. The maximum absolute atomic E-state index is 10.5. The molecule has 13 heavy (non-hydrogen) atoms. The lowest BCUT2D eigenvalue weighted by molar-refractivity contribution is -0.145. The van der Waals surface area contributed by atoms with Gasteiger partial charge in [-0.2, -0.15) is 0 Å². The van der Waals surface area contributed by atoms with E-state index in [2.05, 4.69) is 5.32 Å². The standard InChI is InChI=1S/C7H12ClNO4/c1-4(8)3-9-5(7(12)13)2-6(10)11/h4-5,9H,2-3H2,1H3,(H,10,11)(H,12,13)/t4-,5?/m0/s1. The zero-order valence-corrected chi connectivity index (χ0v) is 7.91. The molecule has 0 aromatic rings. The van der Waals surface area contributed by atoms with Crippen LogP contribution in [0.3, 0.4) is 0 Å². The highest BCUT2D eigenvalue weighted by Crippen LogP contribution is 1.96. The van der Waals surface area contributed by atoms with Gasteiger partial charge in [-0.25, -0.2) is 0 Å². The third kappa shape index (κ3) is 6.36. The largest absolute Gasteiger partial charge is 0.481 e. The molecule has 0 aromatic heterocycles. The molecule has 0 aliphatic rings. The number of hydrogen-bond acceptors (Lipinski definition) is 3. The minimum atomic E-state index is -1.18. The van der Waals surface area contributed by atoms with Crippen molar-refractivity contribution in [3.8, 4) is 0 Å². The summed E-state index contributed by atoms with van der Waals surface area (Å²) in [4.78, 5) is 20.7. The van der Waals surface area contributed by atoms with Crippen LogP contribution in [0.1, 0.15) is 13.3 Å². The first-order valence-electron chi connectivity index (χ1n) is 3.75. The van der Waals surface area contributed by atoms with Gasteiger partial charge in [0.15, 0.2) is 0 Å². The van der Waals surface area contributed by atoms with Crippen LogP contribution < -0.4 is 5.32 Å². The zero-order valence-electron chi connectivity index (χ0n) is 7.16. The number of aliphatic carboxylic acids is 2. The van der Waals surface area contributed by atoms with Gasteiger partial charge in [-0.3, -0.25) is 9.59 Å². The fourth-order valence-corrected chi connectivity index (χ4v) is 0.815. The molecule has 0 heterocycles. The van der Waals surface area contributed by atoms with E-state index in [1.54, 1.807) is 6.92 Å². The summed E-state index contributed by atoms with van der Waals surface area (Å²) < 4.78 is 0. The summed E-state index contributed by atoms with van der Waals surface area (Å²) in [6, 6.07) is -1.07. The second-order valence-corrected chi connectivity index (χ2v) is 3.42. The summed E-state index contributed by atoms with van der Waals surface area (Å²) in [6.07, 6.45) is -0.445. The molecule has 0 rings (SSSR count). The van der Waals surface area contributed by atoms with Crippen LogP contribution in [0, 0.1) is 0 Å². The van der Waals surface area contributed by atoms with Crippen molar-refractivity contribution >= 4 is 23.5 Å². The van der Waals surface area contributed by atoms with Gasteiger partial charge >= 0.3 is 11.9 Å². The van der Waals surface area contributed by atoms with Gasteiger partial charge in [-0.05, 0) is 6.92 Å². The first kappa shape index (κ1) is 12.2. The lowest BCUT2D eigenvalue weighted by Crippen LogP contribution is -2.40. The number of halogens is 1. The van der Waals surface area contributed by atoms with E-state index in [0.29, 0.717) is 0 Å². The fourth-order valence-electron chi connectivity index (χ4n) is 0.726. The van der Waals surface area contributed by atoms with Crippen molar-refractivity contribution in [3.05, 3.63) is 0 Å². The molecule has 0 radical (unpaired) electrons. The number of carboxylic acids is 2. The molecule has 6 heteroatoms. The van der Waals surface area contributed by atoms with Crippen LogP contribution >= 0.6 is 11.6 Å². The Morgan fingerprint density at radius 1 is 1.46 bits per heavy atom. The van der Waals surface area contributed by atoms with Crippen LogP contribution in [-0.4, -0.2) is 40.1 Å². The van der Waals surface area contributed by atoms with E-state index in [-0.39, 0.29) is 11.9 Å². The minimum Gasteiger partial charge on any atom is -0.481 e. The number of nitrogens with one attached hydrogen (secondary N) is 1. The van der Waals surface area contributed by atoms with Gasteiger partial charge in [-0.15, -0.1) is 11.6 Å². The summed E-state index contributed by atoms with van der Waals surface area (Å²) in [5, 5.41) is 19.2. The summed E-state index contributed by atoms with van der Waals surface area (Å²) in [5.74, 6) is -2.33. The minimum absolute atomic E-state index is 0.226. The zero-order chi connectivity index (χ0) is 10.4. The predicted molar refractivity (Wildman–Crippen MR) is 47.0 cm³/mol. The molecule has 2 atom stereocenters. The van der Waals surface area contributed by atoms with Crippen molar-refractivity contribution in [2.45, 2.75) is 24.8 Å². The molecular formula is C7H12ClNO4. The fraction of sp³-hybridized carbons (Fsp3) is 0.714. The normalized spacial score (nSPS) is 14.9. The van der Waals surface area contributed by atoms with Gasteiger partial charge in [0, 0.05) is 11.9 Å². The molecule has 0 amide bonds. The number of rotatable bonds is 6. The first-order valence-corrected chi connectivity index (χ1v) is 4.19. The molecule has 3 N–H and O–H groups in total. The van der Waals surface area contributed by atoms with Gasteiger partial charge in [0.2, 0.25) is 0 Å². The molecule has 0 aliphatic carbocycles. The quantitative estimate of drug-likeness (QED) is 0.542. The number of hydrogen-bond donors (Lipinski definition) is 3. The second-order valence-electron chi connectivity index (χ2n) is 2.68. The third-order valence-corrected chi connectivity index (χ3v) is 1.48. The highest BCUT2D eigenvalue weighted by atomic mass is 35.5. The van der Waals surface area contributed by atoms with E-state index in [0.717, 1.165) is 0 Å². The second kappa shape index (κ2) is 5.77. The summed E-state index contributed by atoms with van der Waals surface area (Å²) in [7, 11) is 0. The monoisotopic (exact) mass is 209 g/mol. The Labute approximate surface area is 80.7 Å². The predicted octanol–water partition coefficient (Wildman–Crippen LogP) is 0.131. The highest BCUT2D eigenvalue weighted by molar-refractivity contribution is 6.20. The molecule has 0 bridgehead atoms. The lowest BCUT2D eigenvalue weighted by atomic mass is 10.2. The number of carbonyl (C=O) groups is 2. The van der Waals surface area contributed by atoms with Gasteiger partial charge in [0.1, 0.15) is 6.04 Å². The van der Waals surface area contributed by atoms with Gasteiger partial charge in [0.05, 0.1) is 6.42 Å². The maximum Gasteiger partial charge on any atom is 0.321 e. The molecule has 0 spiro atoms. The summed E-state index contributed by atoms with van der Waals surface area (Å²) in [5.41, 5.74) is 0. The van der Waals surface area contributed by atoms with E-state index >= 15 is 0 Å². The molecule has 5 nitrogen and oxygen atoms in total. The van der Waals surface area contributed by atoms with Crippen molar-refractivity contribution in [2.24, 2.45) is 0 Å². The Morgan fingerprint density at radius 3 is 2.31 bits per heavy atom. The molecule has 0 aromatic carbocycles. The average molecular weight is 210 g/mol. The van der Waals surface area contributed by atoms with Crippen LogP contribution in [-0.2, 0) is 9.59 Å².